The van der Waals surface area contributed by atoms with E-state index >= 15 is 0 Å². The van der Waals surface area contributed by atoms with Crippen molar-refractivity contribution in [2.75, 3.05) is 7.11 Å². The zero-order valence-corrected chi connectivity index (χ0v) is 14.2. The summed E-state index contributed by atoms with van der Waals surface area (Å²) in [6.07, 6.45) is 2.92. The van der Waals surface area contributed by atoms with Crippen molar-refractivity contribution in [2.45, 2.75) is 6.61 Å². The van der Waals surface area contributed by atoms with Crippen molar-refractivity contribution in [3.63, 3.8) is 0 Å². The lowest BCUT2D eigenvalue weighted by atomic mass is 10.2. The van der Waals surface area contributed by atoms with Gasteiger partial charge in [-0.2, -0.15) is 0 Å². The van der Waals surface area contributed by atoms with Gasteiger partial charge in [-0.1, -0.05) is 40.2 Å². The molecular weight excluding hydrogens is 368 g/mol. The molecule has 0 amide bonds. The second-order valence-corrected chi connectivity index (χ2v) is 5.75. The third kappa shape index (κ3) is 4.90. The Bertz CT molecular complexity index is 681. The van der Waals surface area contributed by atoms with Crippen molar-refractivity contribution in [2.24, 2.45) is 0 Å². The molecule has 0 spiro atoms. The maximum Gasteiger partial charge on any atom is 0.245 e. The largest absolute Gasteiger partial charge is 0.493 e. The first-order chi connectivity index (χ1) is 10.6. The minimum absolute atomic E-state index is 0.422. The van der Waals surface area contributed by atoms with Gasteiger partial charge in [-0.05, 0) is 53.1 Å². The van der Waals surface area contributed by atoms with Gasteiger partial charge in [0.2, 0.25) is 5.24 Å². The summed E-state index contributed by atoms with van der Waals surface area (Å²) in [5, 5.41) is -0.520. The van der Waals surface area contributed by atoms with Crippen molar-refractivity contribution in [3.8, 4) is 11.5 Å². The number of benzene rings is 2. The summed E-state index contributed by atoms with van der Waals surface area (Å²) in [6, 6.07) is 13.3. The molecule has 5 heteroatoms. The van der Waals surface area contributed by atoms with Crippen LogP contribution in [0.2, 0.25) is 0 Å². The van der Waals surface area contributed by atoms with E-state index < -0.39 is 5.24 Å². The highest BCUT2D eigenvalue weighted by molar-refractivity contribution is 9.10. The summed E-state index contributed by atoms with van der Waals surface area (Å²) >= 11 is 8.69. The molecule has 0 aliphatic heterocycles. The van der Waals surface area contributed by atoms with E-state index in [1.807, 2.05) is 30.3 Å². The summed E-state index contributed by atoms with van der Waals surface area (Å²) in [5.41, 5.74) is 1.85. The summed E-state index contributed by atoms with van der Waals surface area (Å²) in [4.78, 5) is 10.8. The number of carbonyl (C=O) groups excluding carboxylic acids is 1. The second-order valence-electron chi connectivity index (χ2n) is 4.46. The van der Waals surface area contributed by atoms with Gasteiger partial charge in [-0.15, -0.1) is 0 Å². The minimum Gasteiger partial charge on any atom is -0.493 e. The molecule has 0 aliphatic carbocycles. The molecule has 0 N–H and O–H groups in total. The van der Waals surface area contributed by atoms with Gasteiger partial charge in [0, 0.05) is 4.47 Å². The standard InChI is InChI=1S/C17H14BrClO3/c1-21-15-8-4-12(5-9-17(19)20)10-16(15)22-11-13-2-6-14(18)7-3-13/h2-10H,11H2,1H3/b9-5+. The molecule has 22 heavy (non-hydrogen) atoms. The summed E-state index contributed by atoms with van der Waals surface area (Å²) < 4.78 is 12.1. The van der Waals surface area contributed by atoms with Crippen molar-refractivity contribution in [1.82, 2.24) is 0 Å². The minimum atomic E-state index is -0.520. The summed E-state index contributed by atoms with van der Waals surface area (Å²) in [6.45, 7) is 0.422. The third-order valence-corrected chi connectivity index (χ3v) is 3.56. The van der Waals surface area contributed by atoms with Crippen molar-refractivity contribution >= 4 is 38.8 Å². The summed E-state index contributed by atoms with van der Waals surface area (Å²) in [7, 11) is 1.58. The molecule has 0 fully saturated rings. The summed E-state index contributed by atoms with van der Waals surface area (Å²) in [5.74, 6) is 1.24. The Hall–Kier alpha value is -1.78. The topological polar surface area (TPSA) is 35.5 Å². The lowest BCUT2D eigenvalue weighted by Crippen LogP contribution is -1.98. The van der Waals surface area contributed by atoms with Crippen LogP contribution in [0.5, 0.6) is 11.5 Å². The fraction of sp³-hybridized carbons (Fsp3) is 0.118. The van der Waals surface area contributed by atoms with Gasteiger partial charge in [0.15, 0.2) is 11.5 Å². The van der Waals surface area contributed by atoms with Crippen molar-refractivity contribution in [1.29, 1.82) is 0 Å². The SMILES string of the molecule is COc1ccc(/C=C/C(=O)Cl)cc1OCc1ccc(Br)cc1. The van der Waals surface area contributed by atoms with Crippen LogP contribution in [0.3, 0.4) is 0 Å². The Balaban J connectivity index is 2.15. The van der Waals surface area contributed by atoms with Gasteiger partial charge in [0.1, 0.15) is 6.61 Å². The molecule has 114 valence electrons. The first-order valence-electron chi connectivity index (χ1n) is 6.51. The number of carbonyl (C=O) groups is 1. The highest BCUT2D eigenvalue weighted by atomic mass is 79.9. The molecule has 2 aromatic rings. The lowest BCUT2D eigenvalue weighted by Gasteiger charge is -2.11. The molecule has 2 rings (SSSR count). The van der Waals surface area contributed by atoms with Crippen LogP contribution in [0.25, 0.3) is 6.08 Å². The molecule has 3 nitrogen and oxygen atoms in total. The van der Waals surface area contributed by atoms with Gasteiger partial charge in [0.05, 0.1) is 7.11 Å². The first kappa shape index (κ1) is 16.6. The van der Waals surface area contributed by atoms with Gasteiger partial charge in [0.25, 0.3) is 0 Å². The molecule has 0 aromatic heterocycles. The molecule has 0 saturated heterocycles. The normalized spacial score (nSPS) is 10.7. The molecule has 0 radical (unpaired) electrons. The Labute approximate surface area is 142 Å². The smallest absolute Gasteiger partial charge is 0.245 e. The van der Waals surface area contributed by atoms with Crippen molar-refractivity contribution in [3.05, 3.63) is 64.1 Å². The monoisotopic (exact) mass is 380 g/mol. The zero-order chi connectivity index (χ0) is 15.9. The quantitative estimate of drug-likeness (QED) is 0.532. The maximum atomic E-state index is 10.8. The highest BCUT2D eigenvalue weighted by Crippen LogP contribution is 2.29. The molecule has 0 aliphatic rings. The number of methoxy groups -OCH3 is 1. The Morgan fingerprint density at radius 1 is 1.18 bits per heavy atom. The highest BCUT2D eigenvalue weighted by Gasteiger charge is 2.05. The van der Waals surface area contributed by atoms with E-state index in [0.29, 0.717) is 18.1 Å². The number of rotatable bonds is 6. The molecule has 0 heterocycles. The molecule has 0 atom stereocenters. The van der Waals surface area contributed by atoms with E-state index in [2.05, 4.69) is 15.9 Å². The molecule has 0 unspecified atom stereocenters. The zero-order valence-electron chi connectivity index (χ0n) is 11.9. The van der Waals surface area contributed by atoms with E-state index in [9.17, 15) is 4.79 Å². The average molecular weight is 382 g/mol. The average Bonchev–Trinajstić information content (AvgIpc) is 2.52. The first-order valence-corrected chi connectivity index (χ1v) is 7.68. The third-order valence-electron chi connectivity index (χ3n) is 2.90. The van der Waals surface area contributed by atoms with Crippen LogP contribution in [0.4, 0.5) is 0 Å². The van der Waals surface area contributed by atoms with Crippen LogP contribution in [-0.4, -0.2) is 12.4 Å². The Morgan fingerprint density at radius 2 is 1.91 bits per heavy atom. The van der Waals surface area contributed by atoms with E-state index in [0.717, 1.165) is 15.6 Å². The van der Waals surface area contributed by atoms with E-state index in [4.69, 9.17) is 21.1 Å². The number of halogens is 2. The van der Waals surface area contributed by atoms with Gasteiger partial charge >= 0.3 is 0 Å². The number of hydrogen-bond acceptors (Lipinski definition) is 3. The number of allylic oxidation sites excluding steroid dienone is 1. The fourth-order valence-corrected chi connectivity index (χ4v) is 2.14. The van der Waals surface area contributed by atoms with Crippen LogP contribution in [-0.2, 0) is 11.4 Å². The molecule has 0 saturated carbocycles. The van der Waals surface area contributed by atoms with Gasteiger partial charge in [-0.25, -0.2) is 0 Å². The Kier molecular flexibility index (Phi) is 6.04. The van der Waals surface area contributed by atoms with E-state index in [-0.39, 0.29) is 0 Å². The van der Waals surface area contributed by atoms with Crippen LogP contribution >= 0.6 is 27.5 Å². The van der Waals surface area contributed by atoms with Gasteiger partial charge < -0.3 is 9.47 Å². The molecule has 2 aromatic carbocycles. The van der Waals surface area contributed by atoms with Crippen LogP contribution in [0.1, 0.15) is 11.1 Å². The van der Waals surface area contributed by atoms with Crippen LogP contribution in [0.15, 0.2) is 53.0 Å². The van der Waals surface area contributed by atoms with Crippen molar-refractivity contribution < 1.29 is 14.3 Å². The van der Waals surface area contributed by atoms with E-state index in [1.165, 1.54) is 6.08 Å². The van der Waals surface area contributed by atoms with Crippen LogP contribution in [0, 0.1) is 0 Å². The number of ether oxygens (including phenoxy) is 2. The lowest BCUT2D eigenvalue weighted by molar-refractivity contribution is -0.107. The predicted octanol–water partition coefficient (Wildman–Crippen LogP) is 4.82. The fourth-order valence-electron chi connectivity index (χ4n) is 1.81. The molecule has 0 bridgehead atoms. The van der Waals surface area contributed by atoms with Gasteiger partial charge in [-0.3, -0.25) is 4.79 Å². The number of hydrogen-bond donors (Lipinski definition) is 0. The molecular formula is C17H14BrClO3. The van der Waals surface area contributed by atoms with Crippen LogP contribution < -0.4 is 9.47 Å². The van der Waals surface area contributed by atoms with E-state index in [1.54, 1.807) is 25.3 Å². The predicted molar refractivity (Wildman–Crippen MR) is 91.4 cm³/mol. The Morgan fingerprint density at radius 3 is 2.55 bits per heavy atom. The second kappa shape index (κ2) is 8.01. The maximum absolute atomic E-state index is 10.8.